The summed E-state index contributed by atoms with van der Waals surface area (Å²) in [6, 6.07) is 1.21. The number of rotatable bonds is 1. The average molecular weight is 300 g/mol. The predicted octanol–water partition coefficient (Wildman–Crippen LogP) is 1.08. The molecule has 0 saturated heterocycles. The van der Waals surface area contributed by atoms with Crippen LogP contribution in [0.3, 0.4) is 0 Å². The summed E-state index contributed by atoms with van der Waals surface area (Å²) < 4.78 is 35.7. The molecule has 21 heavy (non-hydrogen) atoms. The number of fused-ring (bicyclic) bond motifs is 1. The highest BCUT2D eigenvalue weighted by Gasteiger charge is 2.42. The summed E-state index contributed by atoms with van der Waals surface area (Å²) in [6.45, 7) is 1.68. The Morgan fingerprint density at radius 3 is 2.57 bits per heavy atom. The molecule has 0 aliphatic carbocycles. The van der Waals surface area contributed by atoms with Crippen LogP contribution in [0.4, 0.5) is 13.2 Å². The predicted molar refractivity (Wildman–Crippen MR) is 61.7 cm³/mol. The average Bonchev–Trinajstić information content (AvgIpc) is 2.42. The standard InChI is InChI=1S/C11H7F3N4O3/c1-5-3-15-8-4-16-7(2-6(8)17-5)9(19)18-21-10(20)11(12,13)14/h2-4H,1H3,(H,18,19). The third-order valence-corrected chi connectivity index (χ3v) is 2.25. The van der Waals surface area contributed by atoms with Gasteiger partial charge in [-0.25, -0.2) is 14.8 Å². The van der Waals surface area contributed by atoms with E-state index >= 15 is 0 Å². The van der Waals surface area contributed by atoms with Crippen LogP contribution in [-0.4, -0.2) is 33.0 Å². The Kier molecular flexibility index (Phi) is 3.70. The van der Waals surface area contributed by atoms with Crippen molar-refractivity contribution in [3.8, 4) is 0 Å². The van der Waals surface area contributed by atoms with E-state index in [1.807, 2.05) is 0 Å². The van der Waals surface area contributed by atoms with Gasteiger partial charge in [0.25, 0.3) is 0 Å². The number of aryl methyl sites for hydroxylation is 1. The van der Waals surface area contributed by atoms with Gasteiger partial charge in [0.05, 0.1) is 17.4 Å². The molecule has 2 aromatic rings. The van der Waals surface area contributed by atoms with Crippen LogP contribution >= 0.6 is 0 Å². The summed E-state index contributed by atoms with van der Waals surface area (Å²) in [4.78, 5) is 37.4. The maximum absolute atomic E-state index is 11.9. The van der Waals surface area contributed by atoms with Gasteiger partial charge in [-0.3, -0.25) is 9.78 Å². The van der Waals surface area contributed by atoms with Gasteiger partial charge >= 0.3 is 18.1 Å². The summed E-state index contributed by atoms with van der Waals surface area (Å²) in [5.41, 5.74) is 2.42. The van der Waals surface area contributed by atoms with E-state index < -0.39 is 18.1 Å². The number of hydrogen-bond acceptors (Lipinski definition) is 6. The van der Waals surface area contributed by atoms with Crippen LogP contribution in [0.1, 0.15) is 16.2 Å². The minimum Gasteiger partial charge on any atom is -0.332 e. The first-order valence-corrected chi connectivity index (χ1v) is 5.45. The number of carbonyl (C=O) groups excluding carboxylic acids is 2. The number of amides is 1. The minimum atomic E-state index is -5.20. The third kappa shape index (κ3) is 3.41. The Balaban J connectivity index is 2.14. The van der Waals surface area contributed by atoms with E-state index in [0.717, 1.165) is 0 Å². The Labute approximate surface area is 115 Å². The minimum absolute atomic E-state index is 0.266. The molecular formula is C11H7F3N4O3. The molecule has 0 radical (unpaired) electrons. The number of aromatic nitrogens is 3. The van der Waals surface area contributed by atoms with Crippen LogP contribution in [-0.2, 0) is 9.63 Å². The molecular weight excluding hydrogens is 293 g/mol. The lowest BCUT2D eigenvalue weighted by atomic mass is 10.3. The number of nitrogens with zero attached hydrogens (tertiary/aromatic N) is 3. The molecule has 7 nitrogen and oxygen atoms in total. The highest BCUT2D eigenvalue weighted by atomic mass is 19.4. The van der Waals surface area contributed by atoms with Crippen molar-refractivity contribution in [2.75, 3.05) is 0 Å². The number of alkyl halides is 3. The zero-order valence-corrected chi connectivity index (χ0v) is 10.4. The lowest BCUT2D eigenvalue weighted by molar-refractivity contribution is -0.204. The van der Waals surface area contributed by atoms with Gasteiger partial charge in [0.15, 0.2) is 0 Å². The van der Waals surface area contributed by atoms with Gasteiger partial charge in [0.2, 0.25) is 0 Å². The second-order valence-electron chi connectivity index (χ2n) is 3.89. The van der Waals surface area contributed by atoms with Gasteiger partial charge in [0.1, 0.15) is 11.2 Å². The molecule has 2 heterocycles. The monoisotopic (exact) mass is 300 g/mol. The Morgan fingerprint density at radius 1 is 1.19 bits per heavy atom. The molecule has 0 fully saturated rings. The maximum Gasteiger partial charge on any atom is 0.493 e. The van der Waals surface area contributed by atoms with Crippen LogP contribution in [0.25, 0.3) is 11.0 Å². The summed E-state index contributed by atoms with van der Waals surface area (Å²) in [5, 5.41) is 0. The van der Waals surface area contributed by atoms with Crippen molar-refractivity contribution in [2.24, 2.45) is 0 Å². The van der Waals surface area contributed by atoms with E-state index in [4.69, 9.17) is 0 Å². The summed E-state index contributed by atoms with van der Waals surface area (Å²) in [7, 11) is 0. The first kappa shape index (κ1) is 14.6. The van der Waals surface area contributed by atoms with E-state index in [2.05, 4.69) is 19.8 Å². The zero-order chi connectivity index (χ0) is 15.6. The molecule has 0 aromatic carbocycles. The van der Waals surface area contributed by atoms with E-state index in [1.165, 1.54) is 23.9 Å². The molecule has 2 rings (SSSR count). The molecule has 10 heteroatoms. The lowest BCUT2D eigenvalue weighted by Gasteiger charge is -2.07. The highest BCUT2D eigenvalue weighted by Crippen LogP contribution is 2.16. The number of nitrogens with one attached hydrogen (secondary N) is 1. The van der Waals surface area contributed by atoms with Crippen molar-refractivity contribution < 1.29 is 27.6 Å². The normalized spacial score (nSPS) is 11.2. The molecule has 0 aliphatic rings. The smallest absolute Gasteiger partial charge is 0.332 e. The van der Waals surface area contributed by atoms with Crippen LogP contribution in [0, 0.1) is 6.92 Å². The molecule has 1 N–H and O–H groups in total. The van der Waals surface area contributed by atoms with Crippen molar-refractivity contribution in [2.45, 2.75) is 13.1 Å². The van der Waals surface area contributed by atoms with Gasteiger partial charge in [-0.15, -0.1) is 0 Å². The molecule has 0 aliphatic heterocycles. The third-order valence-electron chi connectivity index (χ3n) is 2.25. The largest absolute Gasteiger partial charge is 0.493 e. The number of halogens is 3. The first-order chi connectivity index (χ1) is 9.77. The van der Waals surface area contributed by atoms with Gasteiger partial charge in [0, 0.05) is 6.20 Å². The summed E-state index contributed by atoms with van der Waals surface area (Å²) in [6.07, 6.45) is -2.48. The number of hydrogen-bond donors (Lipinski definition) is 1. The molecule has 0 bridgehead atoms. The van der Waals surface area contributed by atoms with Crippen molar-refractivity contribution in [1.29, 1.82) is 0 Å². The van der Waals surface area contributed by atoms with Crippen LogP contribution in [0.15, 0.2) is 18.5 Å². The Hall–Kier alpha value is -2.78. The molecule has 0 spiro atoms. The van der Waals surface area contributed by atoms with Gasteiger partial charge in [-0.2, -0.15) is 18.7 Å². The molecule has 110 valence electrons. The Morgan fingerprint density at radius 2 is 1.90 bits per heavy atom. The maximum atomic E-state index is 11.9. The van der Waals surface area contributed by atoms with Crippen molar-refractivity contribution in [1.82, 2.24) is 20.4 Å². The van der Waals surface area contributed by atoms with Gasteiger partial charge < -0.3 is 4.84 Å². The fourth-order valence-corrected chi connectivity index (χ4v) is 1.34. The fourth-order valence-electron chi connectivity index (χ4n) is 1.34. The fraction of sp³-hybridized carbons (Fsp3) is 0.182. The van der Waals surface area contributed by atoms with Crippen molar-refractivity contribution in [3.63, 3.8) is 0 Å². The van der Waals surface area contributed by atoms with Crippen molar-refractivity contribution >= 4 is 22.9 Å². The summed E-state index contributed by atoms with van der Waals surface area (Å²) in [5.74, 6) is -3.65. The van der Waals surface area contributed by atoms with Gasteiger partial charge in [-0.1, -0.05) is 0 Å². The van der Waals surface area contributed by atoms with E-state index in [9.17, 15) is 22.8 Å². The zero-order valence-electron chi connectivity index (χ0n) is 10.4. The molecule has 2 aromatic heterocycles. The number of pyridine rings is 1. The SMILES string of the molecule is Cc1cnc2cnc(C(=O)NOC(=O)C(F)(F)F)cc2n1. The number of hydroxylamine groups is 1. The Bertz CT molecular complexity index is 717. The van der Waals surface area contributed by atoms with E-state index in [0.29, 0.717) is 16.7 Å². The van der Waals surface area contributed by atoms with E-state index in [-0.39, 0.29) is 5.69 Å². The highest BCUT2D eigenvalue weighted by molar-refractivity contribution is 5.95. The topological polar surface area (TPSA) is 94.1 Å². The molecule has 0 unspecified atom stereocenters. The van der Waals surface area contributed by atoms with Crippen LogP contribution in [0.5, 0.6) is 0 Å². The number of carbonyl (C=O) groups is 2. The first-order valence-electron chi connectivity index (χ1n) is 5.45. The second-order valence-corrected chi connectivity index (χ2v) is 3.89. The second kappa shape index (κ2) is 5.31. The lowest BCUT2D eigenvalue weighted by Crippen LogP contribution is -2.34. The molecule has 1 amide bonds. The summed E-state index contributed by atoms with van der Waals surface area (Å²) >= 11 is 0. The van der Waals surface area contributed by atoms with Crippen LogP contribution < -0.4 is 5.48 Å². The van der Waals surface area contributed by atoms with Gasteiger partial charge in [-0.05, 0) is 13.0 Å². The van der Waals surface area contributed by atoms with Crippen molar-refractivity contribution in [3.05, 3.63) is 29.8 Å². The quantitative estimate of drug-likeness (QED) is 0.792. The molecule has 0 atom stereocenters. The molecule has 0 saturated carbocycles. The van der Waals surface area contributed by atoms with E-state index in [1.54, 1.807) is 6.92 Å². The van der Waals surface area contributed by atoms with Crippen LogP contribution in [0.2, 0.25) is 0 Å².